The maximum Gasteiger partial charge on any atom is 0.335 e. The third-order valence-electron chi connectivity index (χ3n) is 5.95. The molecule has 0 N–H and O–H groups in total. The summed E-state index contributed by atoms with van der Waals surface area (Å²) in [5, 5.41) is 0. The maximum atomic E-state index is 6.20. The Hall–Kier alpha value is 0.137. The Morgan fingerprint density at radius 1 is 0.467 bits per heavy atom. The summed E-state index contributed by atoms with van der Waals surface area (Å²) in [4.78, 5) is 0. The SMILES string of the molecule is CCCCCCCCCCCCCCCCCCCC[Si](C)(OC(C)C)OC(C)C. The van der Waals surface area contributed by atoms with Crippen LogP contribution in [0.2, 0.25) is 12.6 Å². The van der Waals surface area contributed by atoms with Gasteiger partial charge in [-0.15, -0.1) is 0 Å². The van der Waals surface area contributed by atoms with Gasteiger partial charge in [-0.2, -0.15) is 0 Å². The van der Waals surface area contributed by atoms with Gasteiger partial charge in [-0.3, -0.25) is 0 Å². The normalized spacial score (nSPS) is 12.4. The minimum absolute atomic E-state index is 0.274. The van der Waals surface area contributed by atoms with Crippen LogP contribution in [0, 0.1) is 0 Å². The number of rotatable bonds is 23. The van der Waals surface area contributed by atoms with Crippen LogP contribution in [0.15, 0.2) is 0 Å². The predicted octanol–water partition coefficient (Wildman–Crippen LogP) is 9.95. The number of hydrogen-bond acceptors (Lipinski definition) is 2. The van der Waals surface area contributed by atoms with E-state index in [9.17, 15) is 0 Å². The molecule has 0 aliphatic carbocycles. The van der Waals surface area contributed by atoms with Crippen LogP contribution in [0.3, 0.4) is 0 Å². The molecule has 0 aromatic rings. The van der Waals surface area contributed by atoms with Gasteiger partial charge in [0.2, 0.25) is 0 Å². The Kier molecular flexibility index (Phi) is 21.1. The van der Waals surface area contributed by atoms with E-state index in [1.807, 2.05) is 0 Å². The lowest BCUT2D eigenvalue weighted by atomic mass is 10.0. The summed E-state index contributed by atoms with van der Waals surface area (Å²) in [5.74, 6) is 0. The van der Waals surface area contributed by atoms with Crippen molar-refractivity contribution < 1.29 is 8.85 Å². The zero-order chi connectivity index (χ0) is 22.5. The predicted molar refractivity (Wildman–Crippen MR) is 138 cm³/mol. The fourth-order valence-electron chi connectivity index (χ4n) is 4.49. The molecule has 0 amide bonds. The van der Waals surface area contributed by atoms with Crippen molar-refractivity contribution in [1.82, 2.24) is 0 Å². The van der Waals surface area contributed by atoms with Gasteiger partial charge < -0.3 is 8.85 Å². The number of hydrogen-bond donors (Lipinski definition) is 0. The summed E-state index contributed by atoms with van der Waals surface area (Å²) in [6.07, 6.45) is 26.2. The van der Waals surface area contributed by atoms with Crippen LogP contribution in [0.4, 0.5) is 0 Å². The fourth-order valence-corrected chi connectivity index (χ4v) is 7.67. The summed E-state index contributed by atoms with van der Waals surface area (Å²) in [7, 11) is -1.99. The molecule has 0 aromatic heterocycles. The first-order valence-electron chi connectivity index (χ1n) is 13.7. The Morgan fingerprint density at radius 2 is 0.733 bits per heavy atom. The van der Waals surface area contributed by atoms with E-state index in [0.717, 1.165) is 6.04 Å². The van der Waals surface area contributed by atoms with Crippen molar-refractivity contribution in [3.63, 3.8) is 0 Å². The zero-order valence-electron chi connectivity index (χ0n) is 21.9. The van der Waals surface area contributed by atoms with Gasteiger partial charge in [-0.1, -0.05) is 122 Å². The van der Waals surface area contributed by atoms with E-state index in [1.165, 1.54) is 116 Å². The molecule has 0 spiro atoms. The minimum atomic E-state index is -1.99. The summed E-state index contributed by atoms with van der Waals surface area (Å²) in [5.41, 5.74) is 0. The molecule has 0 saturated heterocycles. The average molecular weight is 443 g/mol. The van der Waals surface area contributed by atoms with Crippen molar-refractivity contribution in [3.8, 4) is 0 Å². The molecular formula is C27H58O2Si. The first kappa shape index (κ1) is 30.1. The highest BCUT2D eigenvalue weighted by molar-refractivity contribution is 6.66. The molecule has 0 heterocycles. The molecule has 0 fully saturated rings. The molecule has 0 aliphatic heterocycles. The molecule has 0 aromatic carbocycles. The molecule has 0 saturated carbocycles. The highest BCUT2D eigenvalue weighted by Crippen LogP contribution is 2.22. The van der Waals surface area contributed by atoms with Crippen molar-refractivity contribution in [1.29, 1.82) is 0 Å². The summed E-state index contributed by atoms with van der Waals surface area (Å²) < 4.78 is 12.4. The van der Waals surface area contributed by atoms with Gasteiger partial charge >= 0.3 is 8.56 Å². The molecule has 2 nitrogen and oxygen atoms in total. The molecule has 0 rings (SSSR count). The lowest BCUT2D eigenvalue weighted by Crippen LogP contribution is -2.42. The summed E-state index contributed by atoms with van der Waals surface area (Å²) in [6.45, 7) is 13.1. The highest BCUT2D eigenvalue weighted by Gasteiger charge is 2.33. The van der Waals surface area contributed by atoms with Crippen LogP contribution >= 0.6 is 0 Å². The van der Waals surface area contributed by atoms with Gasteiger partial charge in [0.1, 0.15) is 0 Å². The molecule has 3 heteroatoms. The van der Waals surface area contributed by atoms with Gasteiger partial charge in [-0.25, -0.2) is 0 Å². The topological polar surface area (TPSA) is 18.5 Å². The quantitative estimate of drug-likeness (QED) is 0.116. The van der Waals surface area contributed by atoms with Gasteiger partial charge in [-0.05, 0) is 40.3 Å². The Labute approximate surface area is 192 Å². The Morgan fingerprint density at radius 3 is 1.00 bits per heavy atom. The first-order chi connectivity index (χ1) is 14.4. The second-order valence-electron chi connectivity index (χ2n) is 10.2. The molecule has 0 bridgehead atoms. The van der Waals surface area contributed by atoms with E-state index < -0.39 is 8.56 Å². The van der Waals surface area contributed by atoms with Crippen molar-refractivity contribution in [2.24, 2.45) is 0 Å². The first-order valence-corrected chi connectivity index (χ1v) is 16.3. The average Bonchev–Trinajstić information content (AvgIpc) is 2.65. The number of unbranched alkanes of at least 4 members (excludes halogenated alkanes) is 17. The van der Waals surface area contributed by atoms with E-state index in [1.54, 1.807) is 0 Å². The third-order valence-corrected chi connectivity index (χ3v) is 9.16. The molecule has 0 aliphatic rings. The standard InChI is InChI=1S/C27H58O2Si/c1-7-8-9-10-11-12-13-14-15-16-17-18-19-20-21-22-23-24-25-30(6,28-26(2)3)29-27(4)5/h26-27H,7-25H2,1-6H3. The van der Waals surface area contributed by atoms with E-state index in [0.29, 0.717) is 0 Å². The monoisotopic (exact) mass is 442 g/mol. The van der Waals surface area contributed by atoms with E-state index in [2.05, 4.69) is 41.2 Å². The molecule has 182 valence electrons. The maximum absolute atomic E-state index is 6.20. The zero-order valence-corrected chi connectivity index (χ0v) is 22.9. The van der Waals surface area contributed by atoms with Crippen LogP contribution in [0.25, 0.3) is 0 Å². The van der Waals surface area contributed by atoms with Crippen LogP contribution in [0.5, 0.6) is 0 Å². The van der Waals surface area contributed by atoms with Gasteiger partial charge in [0, 0.05) is 12.2 Å². The van der Waals surface area contributed by atoms with E-state index >= 15 is 0 Å². The smallest absolute Gasteiger partial charge is 0.335 e. The molecular weight excluding hydrogens is 384 g/mol. The molecule has 0 radical (unpaired) electrons. The fraction of sp³-hybridized carbons (Fsp3) is 1.00. The van der Waals surface area contributed by atoms with Gasteiger partial charge in [0.25, 0.3) is 0 Å². The summed E-state index contributed by atoms with van der Waals surface area (Å²) in [6, 6.07) is 1.14. The Balaban J connectivity index is 3.39. The summed E-state index contributed by atoms with van der Waals surface area (Å²) >= 11 is 0. The largest absolute Gasteiger partial charge is 0.392 e. The molecule has 0 atom stereocenters. The van der Waals surface area contributed by atoms with Gasteiger partial charge in [0.05, 0.1) is 0 Å². The van der Waals surface area contributed by atoms with E-state index in [4.69, 9.17) is 8.85 Å². The van der Waals surface area contributed by atoms with Crippen molar-refractivity contribution in [3.05, 3.63) is 0 Å². The second kappa shape index (κ2) is 21.0. The Bertz CT molecular complexity index is 334. The van der Waals surface area contributed by atoms with Crippen LogP contribution in [-0.4, -0.2) is 20.8 Å². The van der Waals surface area contributed by atoms with Crippen molar-refractivity contribution >= 4 is 8.56 Å². The second-order valence-corrected chi connectivity index (χ2v) is 13.5. The van der Waals surface area contributed by atoms with Crippen molar-refractivity contribution in [2.75, 3.05) is 0 Å². The molecule has 30 heavy (non-hydrogen) atoms. The lowest BCUT2D eigenvalue weighted by molar-refractivity contribution is 0.109. The minimum Gasteiger partial charge on any atom is -0.392 e. The van der Waals surface area contributed by atoms with Crippen LogP contribution < -0.4 is 0 Å². The van der Waals surface area contributed by atoms with E-state index in [-0.39, 0.29) is 12.2 Å². The van der Waals surface area contributed by atoms with Crippen molar-refractivity contribution in [2.45, 2.75) is 175 Å². The molecule has 0 unspecified atom stereocenters. The lowest BCUT2D eigenvalue weighted by Gasteiger charge is -2.31. The highest BCUT2D eigenvalue weighted by atomic mass is 28.4. The van der Waals surface area contributed by atoms with Crippen LogP contribution in [0.1, 0.15) is 150 Å². The van der Waals surface area contributed by atoms with Gasteiger partial charge in [0.15, 0.2) is 0 Å². The third kappa shape index (κ3) is 21.4. The van der Waals surface area contributed by atoms with Crippen LogP contribution in [-0.2, 0) is 8.85 Å².